The molecule has 1 saturated heterocycles. The van der Waals surface area contributed by atoms with E-state index >= 15 is 0 Å². The summed E-state index contributed by atoms with van der Waals surface area (Å²) in [5.41, 5.74) is 2.47. The number of anilines is 1. The van der Waals surface area contributed by atoms with Crippen LogP contribution in [0.5, 0.6) is 0 Å². The molecule has 0 radical (unpaired) electrons. The highest BCUT2D eigenvalue weighted by atomic mass is 35.5. The van der Waals surface area contributed by atoms with Crippen LogP contribution in [0.4, 0.5) is 5.69 Å². The Morgan fingerprint density at radius 1 is 1.24 bits per heavy atom. The fourth-order valence-corrected chi connectivity index (χ4v) is 3.75. The summed E-state index contributed by atoms with van der Waals surface area (Å²) in [6.07, 6.45) is 1.70. The zero-order valence-corrected chi connectivity index (χ0v) is 15.4. The average Bonchev–Trinajstić information content (AvgIpc) is 2.85. The number of aromatic carboxylic acids is 1. The lowest BCUT2D eigenvalue weighted by Gasteiger charge is -2.15. The molecule has 0 unspecified atom stereocenters. The van der Waals surface area contributed by atoms with Gasteiger partial charge >= 0.3 is 5.97 Å². The molecule has 0 aliphatic carbocycles. The standard InChI is InChI=1S/C18H12ClNO3S2/c1-10-8-13(6-7-14(10)19)20-16(21)15(25-18(20)24)9-11-2-4-12(5-3-11)17(22)23/h2-9H,1H3,(H,22,23)/b15-9-. The fraction of sp³-hybridized carbons (Fsp3) is 0.0556. The van der Waals surface area contributed by atoms with E-state index in [9.17, 15) is 9.59 Å². The maximum Gasteiger partial charge on any atom is 0.335 e. The number of carboxylic acids is 1. The number of rotatable bonds is 3. The second-order valence-electron chi connectivity index (χ2n) is 5.38. The Labute approximate surface area is 159 Å². The summed E-state index contributed by atoms with van der Waals surface area (Å²) < 4.78 is 0.445. The SMILES string of the molecule is Cc1cc(N2C(=O)/C(=C/c3ccc(C(=O)O)cc3)SC2=S)ccc1Cl. The highest BCUT2D eigenvalue weighted by Gasteiger charge is 2.33. The van der Waals surface area contributed by atoms with Crippen LogP contribution in [0.25, 0.3) is 6.08 Å². The lowest BCUT2D eigenvalue weighted by atomic mass is 10.1. The molecule has 1 heterocycles. The number of thiocarbonyl (C=S) groups is 1. The van der Waals surface area contributed by atoms with Gasteiger partial charge in [0.05, 0.1) is 16.2 Å². The van der Waals surface area contributed by atoms with Crippen LogP contribution in [0.1, 0.15) is 21.5 Å². The largest absolute Gasteiger partial charge is 0.478 e. The monoisotopic (exact) mass is 389 g/mol. The molecule has 2 aromatic rings. The first kappa shape index (κ1) is 17.7. The normalized spacial score (nSPS) is 15.9. The van der Waals surface area contributed by atoms with Crippen molar-refractivity contribution in [1.29, 1.82) is 0 Å². The third kappa shape index (κ3) is 3.61. The molecular formula is C18H12ClNO3S2. The van der Waals surface area contributed by atoms with Crippen molar-refractivity contribution in [1.82, 2.24) is 0 Å². The summed E-state index contributed by atoms with van der Waals surface area (Å²) in [4.78, 5) is 25.6. The van der Waals surface area contributed by atoms with Gasteiger partial charge in [-0.25, -0.2) is 4.79 Å². The number of aryl methyl sites for hydroxylation is 1. The van der Waals surface area contributed by atoms with Crippen molar-refractivity contribution >= 4 is 63.5 Å². The number of hydrogen-bond acceptors (Lipinski definition) is 4. The van der Waals surface area contributed by atoms with Crippen LogP contribution >= 0.6 is 35.6 Å². The highest BCUT2D eigenvalue weighted by Crippen LogP contribution is 2.37. The molecule has 2 aromatic carbocycles. The number of carbonyl (C=O) groups is 2. The first-order chi connectivity index (χ1) is 11.9. The van der Waals surface area contributed by atoms with Gasteiger partial charge in [-0.3, -0.25) is 9.69 Å². The van der Waals surface area contributed by atoms with Gasteiger partial charge in [0.1, 0.15) is 0 Å². The van der Waals surface area contributed by atoms with E-state index in [2.05, 4.69) is 0 Å². The van der Waals surface area contributed by atoms with Gasteiger partial charge in [-0.2, -0.15) is 0 Å². The summed E-state index contributed by atoms with van der Waals surface area (Å²) in [6, 6.07) is 11.6. The first-order valence-corrected chi connectivity index (χ1v) is 8.84. The molecule has 7 heteroatoms. The van der Waals surface area contributed by atoms with Gasteiger partial charge in [-0.1, -0.05) is 47.7 Å². The summed E-state index contributed by atoms with van der Waals surface area (Å²) in [5, 5.41) is 9.56. The van der Waals surface area contributed by atoms with E-state index < -0.39 is 5.97 Å². The molecule has 1 aliphatic rings. The van der Waals surface area contributed by atoms with Crippen molar-refractivity contribution in [2.75, 3.05) is 4.90 Å². The lowest BCUT2D eigenvalue weighted by Crippen LogP contribution is -2.27. The van der Waals surface area contributed by atoms with Crippen LogP contribution in [-0.4, -0.2) is 21.3 Å². The van der Waals surface area contributed by atoms with Crippen LogP contribution in [0.3, 0.4) is 0 Å². The van der Waals surface area contributed by atoms with Crippen LogP contribution in [0.2, 0.25) is 5.02 Å². The zero-order chi connectivity index (χ0) is 18.1. The predicted molar refractivity (Wildman–Crippen MR) is 105 cm³/mol. The summed E-state index contributed by atoms with van der Waals surface area (Å²) in [5.74, 6) is -1.20. The molecule has 1 fully saturated rings. The molecule has 3 rings (SSSR count). The molecule has 25 heavy (non-hydrogen) atoms. The number of amides is 1. The number of carbonyl (C=O) groups excluding carboxylic acids is 1. The maximum absolute atomic E-state index is 12.7. The van der Waals surface area contributed by atoms with Crippen molar-refractivity contribution in [2.24, 2.45) is 0 Å². The molecule has 1 aliphatic heterocycles. The van der Waals surface area contributed by atoms with Crippen molar-refractivity contribution in [3.8, 4) is 0 Å². The van der Waals surface area contributed by atoms with Gasteiger partial charge in [0.15, 0.2) is 4.32 Å². The minimum atomic E-state index is -0.990. The number of benzene rings is 2. The minimum absolute atomic E-state index is 0.196. The third-order valence-electron chi connectivity index (χ3n) is 3.65. The quantitative estimate of drug-likeness (QED) is 0.606. The van der Waals surface area contributed by atoms with Gasteiger partial charge < -0.3 is 5.11 Å². The Balaban J connectivity index is 1.90. The Kier molecular flexibility index (Phi) is 4.94. The van der Waals surface area contributed by atoms with Gasteiger partial charge in [0.25, 0.3) is 5.91 Å². The van der Waals surface area contributed by atoms with Gasteiger partial charge in [-0.15, -0.1) is 0 Å². The summed E-state index contributed by atoms with van der Waals surface area (Å²) in [6.45, 7) is 1.86. The molecular weight excluding hydrogens is 378 g/mol. The van der Waals surface area contributed by atoms with E-state index in [1.165, 1.54) is 28.8 Å². The van der Waals surface area contributed by atoms with Gasteiger partial charge in [0.2, 0.25) is 0 Å². The molecule has 126 valence electrons. The fourth-order valence-electron chi connectivity index (χ4n) is 2.33. The molecule has 0 spiro atoms. The van der Waals surface area contributed by atoms with Crippen LogP contribution in [0, 0.1) is 6.92 Å². The Morgan fingerprint density at radius 3 is 2.52 bits per heavy atom. The minimum Gasteiger partial charge on any atom is -0.478 e. The van der Waals surface area contributed by atoms with Crippen LogP contribution < -0.4 is 4.90 Å². The first-order valence-electron chi connectivity index (χ1n) is 7.24. The Hall–Kier alpha value is -2.15. The van der Waals surface area contributed by atoms with E-state index in [1.807, 2.05) is 13.0 Å². The molecule has 4 nitrogen and oxygen atoms in total. The van der Waals surface area contributed by atoms with Crippen molar-refractivity contribution in [3.05, 3.63) is 69.1 Å². The number of carboxylic acid groups (broad SMARTS) is 1. The second kappa shape index (κ2) is 7.00. The molecule has 0 bridgehead atoms. The number of nitrogens with zero attached hydrogens (tertiary/aromatic N) is 1. The van der Waals surface area contributed by atoms with Gasteiger partial charge in [-0.05, 0) is 54.5 Å². The lowest BCUT2D eigenvalue weighted by molar-refractivity contribution is -0.113. The highest BCUT2D eigenvalue weighted by molar-refractivity contribution is 8.27. The topological polar surface area (TPSA) is 57.6 Å². The molecule has 0 aromatic heterocycles. The van der Waals surface area contributed by atoms with Crippen molar-refractivity contribution < 1.29 is 14.7 Å². The summed E-state index contributed by atoms with van der Waals surface area (Å²) >= 11 is 12.6. The third-order valence-corrected chi connectivity index (χ3v) is 5.38. The maximum atomic E-state index is 12.7. The van der Waals surface area contributed by atoms with Crippen LogP contribution in [-0.2, 0) is 4.79 Å². The molecule has 1 N–H and O–H groups in total. The molecule has 0 saturated carbocycles. The number of hydrogen-bond donors (Lipinski definition) is 1. The predicted octanol–water partition coefficient (Wildman–Crippen LogP) is 4.75. The second-order valence-corrected chi connectivity index (χ2v) is 7.46. The number of halogens is 1. The van der Waals surface area contributed by atoms with E-state index in [-0.39, 0.29) is 11.5 Å². The van der Waals surface area contributed by atoms with Crippen molar-refractivity contribution in [3.63, 3.8) is 0 Å². The Bertz CT molecular complexity index is 922. The van der Waals surface area contributed by atoms with Gasteiger partial charge in [0, 0.05) is 5.02 Å². The smallest absolute Gasteiger partial charge is 0.335 e. The van der Waals surface area contributed by atoms with E-state index in [0.29, 0.717) is 19.9 Å². The number of thioether (sulfide) groups is 1. The molecule has 1 amide bonds. The van der Waals surface area contributed by atoms with Crippen LogP contribution in [0.15, 0.2) is 47.4 Å². The van der Waals surface area contributed by atoms with Crippen molar-refractivity contribution in [2.45, 2.75) is 6.92 Å². The average molecular weight is 390 g/mol. The Morgan fingerprint density at radius 2 is 1.92 bits per heavy atom. The van der Waals surface area contributed by atoms with E-state index in [0.717, 1.165) is 11.1 Å². The summed E-state index contributed by atoms with van der Waals surface area (Å²) in [7, 11) is 0. The van der Waals surface area contributed by atoms with E-state index in [4.69, 9.17) is 28.9 Å². The zero-order valence-electron chi connectivity index (χ0n) is 13.0. The molecule has 0 atom stereocenters. The van der Waals surface area contributed by atoms with E-state index in [1.54, 1.807) is 30.3 Å².